The Morgan fingerprint density at radius 1 is 1.25 bits per heavy atom. The van der Waals surface area contributed by atoms with E-state index in [-0.39, 0.29) is 6.54 Å². The van der Waals surface area contributed by atoms with Crippen molar-refractivity contribution in [2.24, 2.45) is 0 Å². The summed E-state index contributed by atoms with van der Waals surface area (Å²) in [4.78, 5) is 0. The van der Waals surface area contributed by atoms with Crippen molar-refractivity contribution in [3.8, 4) is 17.2 Å². The number of alkyl halides is 3. The van der Waals surface area contributed by atoms with Gasteiger partial charge in [-0.3, -0.25) is 0 Å². The molecule has 7 heteroatoms. The zero-order valence-electron chi connectivity index (χ0n) is 11.0. The van der Waals surface area contributed by atoms with Gasteiger partial charge in [-0.1, -0.05) is 0 Å². The number of methoxy groups -OCH3 is 1. The topological polar surface area (TPSA) is 39.7 Å². The maximum atomic E-state index is 12.0. The number of ether oxygens (including phenoxy) is 3. The van der Waals surface area contributed by atoms with Crippen LogP contribution in [0.25, 0.3) is 0 Å². The van der Waals surface area contributed by atoms with Crippen molar-refractivity contribution in [3.63, 3.8) is 0 Å². The van der Waals surface area contributed by atoms with Gasteiger partial charge in [0.05, 0.1) is 13.5 Å². The van der Waals surface area contributed by atoms with Gasteiger partial charge in [0.1, 0.15) is 13.2 Å². The predicted molar refractivity (Wildman–Crippen MR) is 66.4 cm³/mol. The summed E-state index contributed by atoms with van der Waals surface area (Å²) < 4.78 is 52.2. The van der Waals surface area contributed by atoms with Gasteiger partial charge < -0.3 is 19.5 Å². The molecule has 20 heavy (non-hydrogen) atoms. The maximum absolute atomic E-state index is 12.0. The molecular weight excluding hydrogens is 275 g/mol. The van der Waals surface area contributed by atoms with E-state index in [1.807, 2.05) is 0 Å². The van der Waals surface area contributed by atoms with E-state index >= 15 is 0 Å². The van der Waals surface area contributed by atoms with Gasteiger partial charge >= 0.3 is 6.18 Å². The molecule has 0 fully saturated rings. The van der Waals surface area contributed by atoms with Crippen LogP contribution in [-0.2, 0) is 6.54 Å². The molecule has 2 rings (SSSR count). The Morgan fingerprint density at radius 3 is 2.70 bits per heavy atom. The molecule has 1 aliphatic rings. The van der Waals surface area contributed by atoms with E-state index in [0.717, 1.165) is 5.56 Å². The number of rotatable bonds is 5. The van der Waals surface area contributed by atoms with Gasteiger partial charge in [-0.15, -0.1) is 0 Å². The molecule has 4 nitrogen and oxygen atoms in total. The van der Waals surface area contributed by atoms with Gasteiger partial charge in [0.15, 0.2) is 11.5 Å². The summed E-state index contributed by atoms with van der Waals surface area (Å²) in [6.45, 7) is 1.08. The summed E-state index contributed by atoms with van der Waals surface area (Å²) in [6, 6.07) is 3.48. The fourth-order valence-corrected chi connectivity index (χ4v) is 1.89. The molecule has 112 valence electrons. The number of halogens is 3. The highest BCUT2D eigenvalue weighted by Gasteiger charge is 2.26. The van der Waals surface area contributed by atoms with Gasteiger partial charge in [0.25, 0.3) is 0 Å². The third kappa shape index (κ3) is 3.93. The normalized spacial score (nSPS) is 14.2. The van der Waals surface area contributed by atoms with Crippen molar-refractivity contribution in [1.29, 1.82) is 0 Å². The minimum absolute atomic E-state index is 0.125. The second kappa shape index (κ2) is 6.21. The zero-order chi connectivity index (χ0) is 14.6. The first kappa shape index (κ1) is 14.8. The lowest BCUT2D eigenvalue weighted by Crippen LogP contribution is -2.21. The first-order valence-corrected chi connectivity index (χ1v) is 6.23. The molecule has 0 saturated carbocycles. The molecular formula is C13H16F3NO3. The van der Waals surface area contributed by atoms with Crippen molar-refractivity contribution < 1.29 is 27.4 Å². The number of fused-ring (bicyclic) bond motifs is 1. The lowest BCUT2D eigenvalue weighted by atomic mass is 10.1. The summed E-state index contributed by atoms with van der Waals surface area (Å²) in [7, 11) is 1.51. The third-order valence-corrected chi connectivity index (χ3v) is 2.80. The van der Waals surface area contributed by atoms with Gasteiger partial charge in [-0.25, -0.2) is 0 Å². The summed E-state index contributed by atoms with van der Waals surface area (Å²) >= 11 is 0. The molecule has 0 saturated heterocycles. The molecule has 1 aromatic rings. The van der Waals surface area contributed by atoms with Crippen LogP contribution in [-0.4, -0.2) is 33.0 Å². The average Bonchev–Trinajstić information content (AvgIpc) is 2.41. The zero-order valence-corrected chi connectivity index (χ0v) is 11.0. The van der Waals surface area contributed by atoms with E-state index in [0.29, 0.717) is 37.0 Å². The second-order valence-corrected chi connectivity index (χ2v) is 4.36. The number of hydrogen-bond donors (Lipinski definition) is 1. The molecule has 0 bridgehead atoms. The molecule has 1 N–H and O–H groups in total. The molecule has 0 aromatic heterocycles. The summed E-state index contributed by atoms with van der Waals surface area (Å²) in [6.07, 6.45) is -4.99. The summed E-state index contributed by atoms with van der Waals surface area (Å²) in [5.74, 6) is 1.62. The van der Waals surface area contributed by atoms with Gasteiger partial charge in [0, 0.05) is 13.1 Å². The number of benzene rings is 1. The van der Waals surface area contributed by atoms with Gasteiger partial charge in [-0.2, -0.15) is 13.2 Å². The first-order chi connectivity index (χ1) is 9.49. The quantitative estimate of drug-likeness (QED) is 0.846. The molecule has 0 atom stereocenters. The monoisotopic (exact) mass is 291 g/mol. The molecule has 0 aliphatic carbocycles. The SMILES string of the molecule is COc1cc(CNCCC(F)(F)F)cc2c1OCCO2. The van der Waals surface area contributed by atoms with E-state index in [9.17, 15) is 13.2 Å². The van der Waals surface area contributed by atoms with Gasteiger partial charge in [-0.05, 0) is 17.7 Å². The third-order valence-electron chi connectivity index (χ3n) is 2.80. The number of hydrogen-bond acceptors (Lipinski definition) is 4. The summed E-state index contributed by atoms with van der Waals surface area (Å²) in [5.41, 5.74) is 0.785. The van der Waals surface area contributed by atoms with E-state index in [4.69, 9.17) is 14.2 Å². The van der Waals surface area contributed by atoms with Crippen molar-refractivity contribution in [2.45, 2.75) is 19.1 Å². The summed E-state index contributed by atoms with van der Waals surface area (Å²) in [5, 5.41) is 2.74. The van der Waals surface area contributed by atoms with Crippen LogP contribution in [0.4, 0.5) is 13.2 Å². The van der Waals surface area contributed by atoms with E-state index in [2.05, 4.69) is 5.32 Å². The predicted octanol–water partition coefficient (Wildman–Crippen LogP) is 2.51. The average molecular weight is 291 g/mol. The standard InChI is InChI=1S/C13H16F3NO3/c1-18-10-6-9(8-17-3-2-13(14,15)16)7-11-12(10)20-5-4-19-11/h6-7,17H,2-5,8H2,1H3. The Balaban J connectivity index is 1.98. The highest BCUT2D eigenvalue weighted by molar-refractivity contribution is 5.54. The molecule has 1 aromatic carbocycles. The van der Waals surface area contributed by atoms with Crippen LogP contribution in [0.5, 0.6) is 17.2 Å². The van der Waals surface area contributed by atoms with Crippen LogP contribution < -0.4 is 19.5 Å². The fourth-order valence-electron chi connectivity index (χ4n) is 1.89. The van der Waals surface area contributed by atoms with E-state index < -0.39 is 12.6 Å². The van der Waals surface area contributed by atoms with E-state index in [1.165, 1.54) is 7.11 Å². The maximum Gasteiger partial charge on any atom is 0.390 e. The molecule has 0 amide bonds. The highest BCUT2D eigenvalue weighted by Crippen LogP contribution is 2.40. The Bertz CT molecular complexity index is 446. The van der Waals surface area contributed by atoms with Crippen LogP contribution in [0.15, 0.2) is 12.1 Å². The van der Waals surface area contributed by atoms with E-state index in [1.54, 1.807) is 12.1 Å². The minimum atomic E-state index is -4.14. The van der Waals surface area contributed by atoms with Crippen LogP contribution in [0.1, 0.15) is 12.0 Å². The van der Waals surface area contributed by atoms with Crippen molar-refractivity contribution in [1.82, 2.24) is 5.32 Å². The fraction of sp³-hybridized carbons (Fsp3) is 0.538. The van der Waals surface area contributed by atoms with Crippen molar-refractivity contribution in [2.75, 3.05) is 26.9 Å². The van der Waals surface area contributed by atoms with Crippen LogP contribution in [0.2, 0.25) is 0 Å². The van der Waals surface area contributed by atoms with Crippen LogP contribution >= 0.6 is 0 Å². The lowest BCUT2D eigenvalue weighted by Gasteiger charge is -2.21. The largest absolute Gasteiger partial charge is 0.493 e. The Morgan fingerprint density at radius 2 is 2.00 bits per heavy atom. The Labute approximate surface area is 114 Å². The lowest BCUT2D eigenvalue weighted by molar-refractivity contribution is -0.133. The Kier molecular flexibility index (Phi) is 4.59. The van der Waals surface area contributed by atoms with Crippen LogP contribution in [0.3, 0.4) is 0 Å². The van der Waals surface area contributed by atoms with Crippen molar-refractivity contribution >= 4 is 0 Å². The van der Waals surface area contributed by atoms with Crippen LogP contribution in [0, 0.1) is 0 Å². The molecule has 0 radical (unpaired) electrons. The molecule has 1 aliphatic heterocycles. The number of nitrogens with one attached hydrogen (secondary N) is 1. The smallest absolute Gasteiger partial charge is 0.390 e. The molecule has 0 spiro atoms. The first-order valence-electron chi connectivity index (χ1n) is 6.23. The van der Waals surface area contributed by atoms with Crippen molar-refractivity contribution in [3.05, 3.63) is 17.7 Å². The Hall–Kier alpha value is -1.63. The highest BCUT2D eigenvalue weighted by atomic mass is 19.4. The molecule has 1 heterocycles. The molecule has 0 unspecified atom stereocenters. The minimum Gasteiger partial charge on any atom is -0.493 e. The second-order valence-electron chi connectivity index (χ2n) is 4.36. The van der Waals surface area contributed by atoms with Gasteiger partial charge in [0.2, 0.25) is 5.75 Å².